The van der Waals surface area contributed by atoms with Crippen LogP contribution in [-0.2, 0) is 4.74 Å². The molecule has 0 spiro atoms. The standard InChI is InChI=1S/C9H10ClNO/c10-8-3-1-7(2-4-8)9-11-5-6-12-9/h1-4,9,11H,5-6H2. The molecule has 0 radical (unpaired) electrons. The van der Waals surface area contributed by atoms with Gasteiger partial charge in [0.05, 0.1) is 6.61 Å². The van der Waals surface area contributed by atoms with Crippen molar-refractivity contribution in [3.63, 3.8) is 0 Å². The molecule has 1 saturated heterocycles. The molecular weight excluding hydrogens is 174 g/mol. The summed E-state index contributed by atoms with van der Waals surface area (Å²) >= 11 is 5.76. The van der Waals surface area contributed by atoms with Crippen LogP contribution in [0.5, 0.6) is 0 Å². The summed E-state index contributed by atoms with van der Waals surface area (Å²) < 4.78 is 5.42. The minimum atomic E-state index is 0.0577. The Morgan fingerprint density at radius 2 is 2.08 bits per heavy atom. The van der Waals surface area contributed by atoms with Crippen LogP contribution in [0.4, 0.5) is 0 Å². The first-order valence-corrected chi connectivity index (χ1v) is 4.34. The van der Waals surface area contributed by atoms with Gasteiger partial charge >= 0.3 is 0 Å². The molecule has 0 saturated carbocycles. The van der Waals surface area contributed by atoms with Crippen LogP contribution < -0.4 is 5.32 Å². The van der Waals surface area contributed by atoms with Gasteiger partial charge in [-0.15, -0.1) is 0 Å². The minimum absolute atomic E-state index is 0.0577. The van der Waals surface area contributed by atoms with E-state index in [0.29, 0.717) is 0 Å². The largest absolute Gasteiger partial charge is 0.358 e. The molecule has 0 bridgehead atoms. The van der Waals surface area contributed by atoms with Gasteiger partial charge in [-0.05, 0) is 17.7 Å². The zero-order chi connectivity index (χ0) is 8.39. The average molecular weight is 184 g/mol. The zero-order valence-electron chi connectivity index (χ0n) is 6.59. The summed E-state index contributed by atoms with van der Waals surface area (Å²) in [7, 11) is 0. The summed E-state index contributed by atoms with van der Waals surface area (Å²) in [5.41, 5.74) is 1.14. The molecule has 2 rings (SSSR count). The highest BCUT2D eigenvalue weighted by Gasteiger charge is 2.15. The van der Waals surface area contributed by atoms with E-state index in [4.69, 9.17) is 16.3 Å². The van der Waals surface area contributed by atoms with Gasteiger partial charge in [-0.1, -0.05) is 23.7 Å². The normalized spacial score (nSPS) is 22.9. The molecule has 2 nitrogen and oxygen atoms in total. The summed E-state index contributed by atoms with van der Waals surface area (Å²) in [6.07, 6.45) is 0.0577. The smallest absolute Gasteiger partial charge is 0.134 e. The third-order valence-corrected chi connectivity index (χ3v) is 2.14. The first-order valence-electron chi connectivity index (χ1n) is 3.97. The van der Waals surface area contributed by atoms with E-state index in [1.807, 2.05) is 24.3 Å². The fraction of sp³-hybridized carbons (Fsp3) is 0.333. The Balaban J connectivity index is 2.17. The third kappa shape index (κ3) is 1.61. The maximum absolute atomic E-state index is 5.76. The van der Waals surface area contributed by atoms with Gasteiger partial charge in [-0.2, -0.15) is 0 Å². The SMILES string of the molecule is Clc1ccc(C2NCCO2)cc1. The molecular formula is C9H10ClNO. The Bertz CT molecular complexity index is 254. The van der Waals surface area contributed by atoms with Crippen molar-refractivity contribution < 1.29 is 4.74 Å². The van der Waals surface area contributed by atoms with E-state index >= 15 is 0 Å². The van der Waals surface area contributed by atoms with Gasteiger partial charge in [0.1, 0.15) is 6.23 Å². The number of halogens is 1. The third-order valence-electron chi connectivity index (χ3n) is 1.89. The highest BCUT2D eigenvalue weighted by molar-refractivity contribution is 6.30. The van der Waals surface area contributed by atoms with E-state index in [0.717, 1.165) is 23.7 Å². The van der Waals surface area contributed by atoms with E-state index in [-0.39, 0.29) is 6.23 Å². The lowest BCUT2D eigenvalue weighted by molar-refractivity contribution is 0.102. The van der Waals surface area contributed by atoms with Crippen molar-refractivity contribution in [3.8, 4) is 0 Å². The highest BCUT2D eigenvalue weighted by atomic mass is 35.5. The number of nitrogens with one attached hydrogen (secondary N) is 1. The van der Waals surface area contributed by atoms with E-state index < -0.39 is 0 Å². The summed E-state index contributed by atoms with van der Waals surface area (Å²) in [6.45, 7) is 1.71. The predicted molar refractivity (Wildman–Crippen MR) is 48.1 cm³/mol. The molecule has 0 amide bonds. The van der Waals surface area contributed by atoms with Crippen LogP contribution in [0.1, 0.15) is 11.8 Å². The second-order valence-electron chi connectivity index (χ2n) is 2.76. The first-order chi connectivity index (χ1) is 5.86. The van der Waals surface area contributed by atoms with Gasteiger partial charge in [-0.25, -0.2) is 0 Å². The molecule has 0 aliphatic carbocycles. The van der Waals surface area contributed by atoms with Crippen molar-refractivity contribution >= 4 is 11.6 Å². The van der Waals surface area contributed by atoms with Gasteiger partial charge < -0.3 is 4.74 Å². The second kappa shape index (κ2) is 3.44. The molecule has 1 unspecified atom stereocenters. The summed E-state index contributed by atoms with van der Waals surface area (Å²) in [5, 5.41) is 3.99. The van der Waals surface area contributed by atoms with Crippen LogP contribution in [0.15, 0.2) is 24.3 Å². The maximum atomic E-state index is 5.76. The van der Waals surface area contributed by atoms with Crippen LogP contribution in [0.2, 0.25) is 5.02 Å². The Hall–Kier alpha value is -0.570. The van der Waals surface area contributed by atoms with Crippen LogP contribution >= 0.6 is 11.6 Å². The lowest BCUT2D eigenvalue weighted by atomic mass is 10.2. The fourth-order valence-electron chi connectivity index (χ4n) is 1.28. The molecule has 1 aromatic carbocycles. The van der Waals surface area contributed by atoms with Gasteiger partial charge in [0.2, 0.25) is 0 Å². The van der Waals surface area contributed by atoms with Crippen molar-refractivity contribution in [1.29, 1.82) is 0 Å². The molecule has 3 heteroatoms. The number of rotatable bonds is 1. The fourth-order valence-corrected chi connectivity index (χ4v) is 1.40. The Labute approximate surface area is 76.5 Å². The van der Waals surface area contributed by atoms with Crippen LogP contribution in [0, 0.1) is 0 Å². The Morgan fingerprint density at radius 1 is 1.33 bits per heavy atom. The summed E-state index contributed by atoms with van der Waals surface area (Å²) in [4.78, 5) is 0. The van der Waals surface area contributed by atoms with Crippen molar-refractivity contribution in [3.05, 3.63) is 34.9 Å². The first kappa shape index (κ1) is 8.05. The number of hydrogen-bond acceptors (Lipinski definition) is 2. The van der Waals surface area contributed by atoms with Crippen molar-refractivity contribution in [2.45, 2.75) is 6.23 Å². The molecule has 0 aromatic heterocycles. The predicted octanol–water partition coefficient (Wildman–Crippen LogP) is 1.96. The van der Waals surface area contributed by atoms with Crippen LogP contribution in [-0.4, -0.2) is 13.2 Å². The highest BCUT2D eigenvalue weighted by Crippen LogP contribution is 2.19. The Kier molecular flexibility index (Phi) is 2.30. The van der Waals surface area contributed by atoms with Crippen LogP contribution in [0.25, 0.3) is 0 Å². The van der Waals surface area contributed by atoms with Crippen molar-refractivity contribution in [2.75, 3.05) is 13.2 Å². The monoisotopic (exact) mass is 183 g/mol. The quantitative estimate of drug-likeness (QED) is 0.719. The Morgan fingerprint density at radius 3 is 2.67 bits per heavy atom. The molecule has 12 heavy (non-hydrogen) atoms. The molecule has 1 aliphatic rings. The van der Waals surface area contributed by atoms with E-state index in [9.17, 15) is 0 Å². The molecule has 1 fully saturated rings. The zero-order valence-corrected chi connectivity index (χ0v) is 7.34. The van der Waals surface area contributed by atoms with Gasteiger partial charge in [0, 0.05) is 11.6 Å². The molecule has 64 valence electrons. The summed E-state index contributed by atoms with van der Waals surface area (Å²) in [5.74, 6) is 0. The van der Waals surface area contributed by atoms with Crippen LogP contribution in [0.3, 0.4) is 0 Å². The van der Waals surface area contributed by atoms with Gasteiger partial charge in [0.15, 0.2) is 0 Å². The van der Waals surface area contributed by atoms with E-state index in [2.05, 4.69) is 5.32 Å². The lowest BCUT2D eigenvalue weighted by Crippen LogP contribution is -2.13. The second-order valence-corrected chi connectivity index (χ2v) is 3.19. The minimum Gasteiger partial charge on any atom is -0.358 e. The van der Waals surface area contributed by atoms with Crippen molar-refractivity contribution in [1.82, 2.24) is 5.32 Å². The maximum Gasteiger partial charge on any atom is 0.134 e. The van der Waals surface area contributed by atoms with E-state index in [1.54, 1.807) is 0 Å². The topological polar surface area (TPSA) is 21.3 Å². The number of ether oxygens (including phenoxy) is 1. The number of benzene rings is 1. The molecule has 1 aromatic rings. The molecule has 1 atom stereocenters. The lowest BCUT2D eigenvalue weighted by Gasteiger charge is -2.09. The van der Waals surface area contributed by atoms with Crippen molar-refractivity contribution in [2.24, 2.45) is 0 Å². The van der Waals surface area contributed by atoms with E-state index in [1.165, 1.54) is 0 Å². The molecule has 1 heterocycles. The average Bonchev–Trinajstić information content (AvgIpc) is 2.58. The van der Waals surface area contributed by atoms with Gasteiger partial charge in [-0.3, -0.25) is 5.32 Å². The van der Waals surface area contributed by atoms with Gasteiger partial charge in [0.25, 0.3) is 0 Å². The summed E-state index contributed by atoms with van der Waals surface area (Å²) in [6, 6.07) is 7.71. The number of hydrogen-bond donors (Lipinski definition) is 1. The molecule has 1 aliphatic heterocycles. The molecule has 1 N–H and O–H groups in total.